The van der Waals surface area contributed by atoms with Gasteiger partial charge in [-0.05, 0) is 6.72 Å². The molecule has 0 unspecified atom stereocenters. The first-order chi connectivity index (χ1) is 2.41. The van der Waals surface area contributed by atoms with Crippen LogP contribution in [0.5, 0.6) is 0 Å². The SMILES string of the molecule is C=NC[NH+]=C. The molecule has 0 aliphatic carbocycles. The van der Waals surface area contributed by atoms with Crippen LogP contribution in [-0.2, 0) is 0 Å². The first kappa shape index (κ1) is 4.34. The summed E-state index contributed by atoms with van der Waals surface area (Å²) in [6.45, 7) is 7.03. The number of hydrogen-bond donors (Lipinski definition) is 1. The predicted molar refractivity (Wildman–Crippen MR) is 22.5 cm³/mol. The Labute approximate surface area is 31.3 Å². The lowest BCUT2D eigenvalue weighted by Crippen LogP contribution is -2.65. The summed E-state index contributed by atoms with van der Waals surface area (Å²) in [5.74, 6) is 0. The van der Waals surface area contributed by atoms with E-state index in [0.29, 0.717) is 6.67 Å². The molecule has 0 aliphatic rings. The lowest BCUT2D eigenvalue weighted by molar-refractivity contribution is -0.444. The molecule has 0 saturated heterocycles. The van der Waals surface area contributed by atoms with Gasteiger partial charge in [-0.1, -0.05) is 0 Å². The van der Waals surface area contributed by atoms with Gasteiger partial charge in [-0.2, -0.15) is 0 Å². The maximum Gasteiger partial charge on any atom is 0.232 e. The number of hydrogen-bond acceptors (Lipinski definition) is 1. The van der Waals surface area contributed by atoms with Crippen LogP contribution in [0.25, 0.3) is 0 Å². The molecule has 5 heavy (non-hydrogen) atoms. The topological polar surface area (TPSA) is 26.3 Å². The molecule has 0 aromatic heterocycles. The van der Waals surface area contributed by atoms with Crippen LogP contribution in [0.3, 0.4) is 0 Å². The second-order valence-electron chi connectivity index (χ2n) is 0.632. The van der Waals surface area contributed by atoms with Gasteiger partial charge >= 0.3 is 0 Å². The molecule has 0 spiro atoms. The molecule has 0 heterocycles. The molecule has 0 bridgehead atoms. The van der Waals surface area contributed by atoms with Gasteiger partial charge in [-0.3, -0.25) is 0 Å². The van der Waals surface area contributed by atoms with Gasteiger partial charge in [0.2, 0.25) is 6.67 Å². The summed E-state index contributed by atoms with van der Waals surface area (Å²) >= 11 is 0. The maximum atomic E-state index is 3.43. The van der Waals surface area contributed by atoms with Crippen LogP contribution >= 0.6 is 0 Å². The van der Waals surface area contributed by atoms with Gasteiger partial charge in [-0.25, -0.2) is 9.98 Å². The number of nitrogens with zero attached hydrogens (tertiary/aromatic N) is 1. The van der Waals surface area contributed by atoms with Crippen molar-refractivity contribution in [3.05, 3.63) is 0 Å². The van der Waals surface area contributed by atoms with Crippen molar-refractivity contribution < 1.29 is 4.99 Å². The molecular formula is C3H7N2+. The smallest absolute Gasteiger partial charge is 0.232 e. The molecule has 0 aromatic rings. The number of nitrogens with one attached hydrogen (secondary N) is 1. The zero-order valence-corrected chi connectivity index (χ0v) is 3.07. The highest BCUT2D eigenvalue weighted by molar-refractivity contribution is 5.22. The quantitative estimate of drug-likeness (QED) is 0.381. The molecule has 0 aromatic carbocycles. The van der Waals surface area contributed by atoms with Crippen molar-refractivity contribution in [2.75, 3.05) is 6.67 Å². The minimum Gasteiger partial charge on any atom is -0.236 e. The molecule has 2 heteroatoms. The molecule has 0 radical (unpaired) electrons. The van der Waals surface area contributed by atoms with E-state index < -0.39 is 0 Å². The fourth-order valence-electron chi connectivity index (χ4n) is 0.0791. The van der Waals surface area contributed by atoms with Crippen molar-refractivity contribution in [2.45, 2.75) is 0 Å². The Kier molecular flexibility index (Phi) is 2.90. The van der Waals surface area contributed by atoms with Crippen LogP contribution in [-0.4, -0.2) is 20.1 Å². The van der Waals surface area contributed by atoms with E-state index in [9.17, 15) is 0 Å². The summed E-state index contributed by atoms with van der Waals surface area (Å²) < 4.78 is 0. The molecular weight excluding hydrogens is 64.0 g/mol. The van der Waals surface area contributed by atoms with Gasteiger partial charge in [0.05, 0.1) is 0 Å². The summed E-state index contributed by atoms with van der Waals surface area (Å²) in [6, 6.07) is 0. The van der Waals surface area contributed by atoms with Gasteiger partial charge in [0, 0.05) is 0 Å². The first-order valence-corrected chi connectivity index (χ1v) is 1.34. The van der Waals surface area contributed by atoms with Crippen molar-refractivity contribution in [3.63, 3.8) is 0 Å². The molecule has 28 valence electrons. The average molecular weight is 71.1 g/mol. The lowest BCUT2D eigenvalue weighted by Gasteiger charge is -1.62. The Morgan fingerprint density at radius 1 is 1.80 bits per heavy atom. The van der Waals surface area contributed by atoms with Crippen molar-refractivity contribution in [3.8, 4) is 0 Å². The van der Waals surface area contributed by atoms with E-state index in [2.05, 4.69) is 23.4 Å². The Balaban J connectivity index is 2.65. The number of rotatable bonds is 2. The summed E-state index contributed by atoms with van der Waals surface area (Å²) in [5.41, 5.74) is 0. The second-order valence-corrected chi connectivity index (χ2v) is 0.632. The largest absolute Gasteiger partial charge is 0.236 e. The van der Waals surface area contributed by atoms with Crippen LogP contribution in [0, 0.1) is 0 Å². The van der Waals surface area contributed by atoms with Gasteiger partial charge in [0.15, 0.2) is 0 Å². The van der Waals surface area contributed by atoms with E-state index in [1.54, 1.807) is 0 Å². The van der Waals surface area contributed by atoms with Crippen LogP contribution in [0.4, 0.5) is 0 Å². The minimum atomic E-state index is 0.542. The summed E-state index contributed by atoms with van der Waals surface area (Å²) in [7, 11) is 0. The first-order valence-electron chi connectivity index (χ1n) is 1.34. The second kappa shape index (κ2) is 3.34. The van der Waals surface area contributed by atoms with Crippen LogP contribution in [0.1, 0.15) is 0 Å². The standard InChI is InChI=1S/C3H6N2/c1-4-3-5-2/h1-3H2/p+1. The predicted octanol–water partition coefficient (Wildman–Crippen LogP) is -1.57. The zero-order chi connectivity index (χ0) is 4.12. The third-order valence-corrected chi connectivity index (χ3v) is 0.224. The molecule has 0 fully saturated rings. The van der Waals surface area contributed by atoms with Crippen molar-refractivity contribution >= 4 is 13.4 Å². The normalized spacial score (nSPS) is 6.40. The Hall–Kier alpha value is -0.660. The highest BCUT2D eigenvalue weighted by Crippen LogP contribution is 1.33. The van der Waals surface area contributed by atoms with Gasteiger partial charge in [0.1, 0.15) is 6.72 Å². The van der Waals surface area contributed by atoms with Crippen molar-refractivity contribution in [2.24, 2.45) is 4.99 Å². The molecule has 0 aliphatic heterocycles. The third kappa shape index (κ3) is 3.34. The Morgan fingerprint density at radius 3 is 2.40 bits per heavy atom. The monoisotopic (exact) mass is 71.1 g/mol. The van der Waals surface area contributed by atoms with E-state index in [4.69, 9.17) is 0 Å². The number of aliphatic imine (C=N–C) groups is 1. The average Bonchev–Trinajstić information content (AvgIpc) is 1.41. The van der Waals surface area contributed by atoms with E-state index in [-0.39, 0.29) is 0 Å². The van der Waals surface area contributed by atoms with E-state index in [1.807, 2.05) is 0 Å². The highest BCUT2D eigenvalue weighted by Gasteiger charge is 1.58. The molecule has 2 nitrogen and oxygen atoms in total. The highest BCUT2D eigenvalue weighted by atomic mass is 14.9. The van der Waals surface area contributed by atoms with Crippen LogP contribution in [0.2, 0.25) is 0 Å². The van der Waals surface area contributed by atoms with Crippen molar-refractivity contribution in [1.82, 2.24) is 0 Å². The van der Waals surface area contributed by atoms with Gasteiger partial charge < -0.3 is 0 Å². The van der Waals surface area contributed by atoms with Crippen molar-refractivity contribution in [1.29, 1.82) is 0 Å². The summed E-state index contributed by atoms with van der Waals surface area (Å²) in [5, 5.41) is 0. The fourth-order valence-corrected chi connectivity index (χ4v) is 0.0791. The van der Waals surface area contributed by atoms with Crippen LogP contribution < -0.4 is 4.99 Å². The zero-order valence-electron chi connectivity index (χ0n) is 3.07. The Morgan fingerprint density at radius 2 is 2.40 bits per heavy atom. The fraction of sp³-hybridized carbons (Fsp3) is 0.333. The lowest BCUT2D eigenvalue weighted by atomic mass is 11.1. The van der Waals surface area contributed by atoms with E-state index >= 15 is 0 Å². The van der Waals surface area contributed by atoms with Gasteiger partial charge in [-0.15, -0.1) is 0 Å². The summed E-state index contributed by atoms with van der Waals surface area (Å²) in [4.78, 5) is 5.97. The molecule has 0 amide bonds. The molecule has 1 N–H and O–H groups in total. The van der Waals surface area contributed by atoms with E-state index in [1.165, 1.54) is 0 Å². The third-order valence-electron chi connectivity index (χ3n) is 0.224. The molecule has 0 rings (SSSR count). The minimum absolute atomic E-state index is 0.542. The van der Waals surface area contributed by atoms with Gasteiger partial charge in [0.25, 0.3) is 0 Å². The molecule has 0 atom stereocenters. The Bertz CT molecular complexity index is 34.2. The van der Waals surface area contributed by atoms with E-state index in [0.717, 1.165) is 0 Å². The molecule has 0 saturated carbocycles. The van der Waals surface area contributed by atoms with Crippen LogP contribution in [0.15, 0.2) is 4.99 Å². The summed E-state index contributed by atoms with van der Waals surface area (Å²) in [6.07, 6.45) is 0. The maximum absolute atomic E-state index is 3.43.